The number of para-hydroxylation sites is 2. The molecule has 0 spiro atoms. The highest BCUT2D eigenvalue weighted by molar-refractivity contribution is 5.85. The van der Waals surface area contributed by atoms with Crippen LogP contribution in [0.2, 0.25) is 0 Å². The Morgan fingerprint density at radius 2 is 2.00 bits per heavy atom. The molecule has 0 aromatic heterocycles. The van der Waals surface area contributed by atoms with E-state index in [2.05, 4.69) is 48.3 Å². The molecule has 0 bridgehead atoms. The van der Waals surface area contributed by atoms with Gasteiger partial charge >= 0.3 is 0 Å². The number of halogens is 1. The molecular formula is C10H15ClN2. The van der Waals surface area contributed by atoms with Crippen molar-refractivity contribution in [2.75, 3.05) is 16.9 Å². The molecule has 72 valence electrons. The summed E-state index contributed by atoms with van der Waals surface area (Å²) < 4.78 is 0. The molecule has 0 saturated heterocycles. The van der Waals surface area contributed by atoms with Crippen LogP contribution in [0.15, 0.2) is 24.3 Å². The fraction of sp³-hybridized carbons (Fsp3) is 0.400. The third-order valence-electron chi connectivity index (χ3n) is 2.28. The molecule has 0 fully saturated rings. The molecule has 1 N–H and O–H groups in total. The Kier molecular flexibility index (Phi) is 3.04. The first kappa shape index (κ1) is 10.2. The fourth-order valence-corrected chi connectivity index (χ4v) is 1.59. The number of fused-ring (bicyclic) bond motifs is 1. The lowest BCUT2D eigenvalue weighted by Crippen LogP contribution is -2.29. The maximum atomic E-state index is 3.36. The first-order valence-corrected chi connectivity index (χ1v) is 4.38. The molecule has 2 nitrogen and oxygen atoms in total. The first-order chi connectivity index (χ1) is 5.79. The summed E-state index contributed by atoms with van der Waals surface area (Å²) in [6.45, 7) is 5.37. The van der Waals surface area contributed by atoms with Crippen LogP contribution < -0.4 is 10.2 Å². The zero-order valence-corrected chi connectivity index (χ0v) is 8.77. The van der Waals surface area contributed by atoms with Crippen molar-refractivity contribution in [2.24, 2.45) is 0 Å². The van der Waals surface area contributed by atoms with E-state index in [4.69, 9.17) is 0 Å². The highest BCUT2D eigenvalue weighted by atomic mass is 35.5. The molecule has 1 aliphatic rings. The lowest BCUT2D eigenvalue weighted by Gasteiger charge is -2.22. The predicted octanol–water partition coefficient (Wildman–Crippen LogP) is 2.71. The number of hydrogen-bond donors (Lipinski definition) is 1. The second kappa shape index (κ2) is 3.88. The maximum Gasteiger partial charge on any atom is 0.0880 e. The minimum atomic E-state index is 0. The van der Waals surface area contributed by atoms with Gasteiger partial charge in [0.15, 0.2) is 0 Å². The predicted molar refractivity (Wildman–Crippen MR) is 59.8 cm³/mol. The van der Waals surface area contributed by atoms with Gasteiger partial charge in [0.2, 0.25) is 0 Å². The Bertz CT molecular complexity index is 286. The molecular weight excluding hydrogens is 184 g/mol. The smallest absolute Gasteiger partial charge is 0.0880 e. The topological polar surface area (TPSA) is 15.3 Å². The van der Waals surface area contributed by atoms with Gasteiger partial charge in [0, 0.05) is 6.04 Å². The molecule has 3 heteroatoms. The second-order valence-corrected chi connectivity index (χ2v) is 3.42. The average molecular weight is 199 g/mol. The monoisotopic (exact) mass is 198 g/mol. The molecule has 1 aliphatic heterocycles. The lowest BCUT2D eigenvalue weighted by atomic mass is 10.2. The molecule has 13 heavy (non-hydrogen) atoms. The van der Waals surface area contributed by atoms with Crippen molar-refractivity contribution in [2.45, 2.75) is 19.9 Å². The van der Waals surface area contributed by atoms with Gasteiger partial charge in [-0.2, -0.15) is 0 Å². The Hall–Kier alpha value is -0.890. The maximum absolute atomic E-state index is 3.36. The van der Waals surface area contributed by atoms with E-state index in [9.17, 15) is 0 Å². The molecule has 1 aromatic carbocycles. The molecule has 0 radical (unpaired) electrons. The zero-order valence-electron chi connectivity index (χ0n) is 7.95. The normalized spacial score (nSPS) is 13.6. The van der Waals surface area contributed by atoms with Gasteiger partial charge in [-0.3, -0.25) is 0 Å². The molecule has 1 heterocycles. The van der Waals surface area contributed by atoms with E-state index < -0.39 is 0 Å². The SMILES string of the molecule is CC(C)N1CNc2ccccc21.Cl. The van der Waals surface area contributed by atoms with Crippen molar-refractivity contribution in [3.05, 3.63) is 24.3 Å². The number of benzene rings is 1. The van der Waals surface area contributed by atoms with E-state index in [1.165, 1.54) is 11.4 Å². The fourth-order valence-electron chi connectivity index (χ4n) is 1.59. The van der Waals surface area contributed by atoms with Crippen LogP contribution in [0, 0.1) is 0 Å². The minimum absolute atomic E-state index is 0. The summed E-state index contributed by atoms with van der Waals surface area (Å²) in [5.74, 6) is 0. The van der Waals surface area contributed by atoms with Gasteiger partial charge in [0.05, 0.1) is 18.0 Å². The van der Waals surface area contributed by atoms with Crippen LogP contribution in [0.1, 0.15) is 13.8 Å². The number of rotatable bonds is 1. The van der Waals surface area contributed by atoms with Crippen LogP contribution in [-0.4, -0.2) is 12.7 Å². The van der Waals surface area contributed by atoms with Crippen LogP contribution in [0.3, 0.4) is 0 Å². The summed E-state index contributed by atoms with van der Waals surface area (Å²) in [7, 11) is 0. The molecule has 0 saturated carbocycles. The average Bonchev–Trinajstić information content (AvgIpc) is 2.47. The number of anilines is 2. The van der Waals surface area contributed by atoms with Crippen LogP contribution >= 0.6 is 12.4 Å². The van der Waals surface area contributed by atoms with Crippen molar-refractivity contribution < 1.29 is 0 Å². The minimum Gasteiger partial charge on any atom is -0.366 e. The number of nitrogens with zero attached hydrogens (tertiary/aromatic N) is 1. The van der Waals surface area contributed by atoms with Crippen LogP contribution in [0.25, 0.3) is 0 Å². The first-order valence-electron chi connectivity index (χ1n) is 4.38. The molecule has 0 atom stereocenters. The van der Waals surface area contributed by atoms with Crippen LogP contribution in [0.4, 0.5) is 11.4 Å². The van der Waals surface area contributed by atoms with Gasteiger partial charge in [-0.05, 0) is 26.0 Å². The summed E-state index contributed by atoms with van der Waals surface area (Å²) in [4.78, 5) is 2.36. The molecule has 1 aromatic rings. The van der Waals surface area contributed by atoms with E-state index in [0.29, 0.717) is 6.04 Å². The second-order valence-electron chi connectivity index (χ2n) is 3.42. The summed E-state index contributed by atoms with van der Waals surface area (Å²) in [5, 5.41) is 3.36. The Balaban J connectivity index is 0.000000845. The van der Waals surface area contributed by atoms with Gasteiger partial charge in [-0.1, -0.05) is 12.1 Å². The van der Waals surface area contributed by atoms with Gasteiger partial charge in [0.25, 0.3) is 0 Å². The molecule has 0 amide bonds. The summed E-state index contributed by atoms with van der Waals surface area (Å²) >= 11 is 0. The Labute approximate surface area is 85.3 Å². The van der Waals surface area contributed by atoms with Gasteiger partial charge in [0.1, 0.15) is 0 Å². The van der Waals surface area contributed by atoms with E-state index in [0.717, 1.165) is 6.67 Å². The molecule has 0 aliphatic carbocycles. The summed E-state index contributed by atoms with van der Waals surface area (Å²) in [6.07, 6.45) is 0. The summed E-state index contributed by atoms with van der Waals surface area (Å²) in [5.41, 5.74) is 2.58. The van der Waals surface area contributed by atoms with E-state index >= 15 is 0 Å². The highest BCUT2D eigenvalue weighted by Crippen LogP contribution is 2.31. The van der Waals surface area contributed by atoms with Gasteiger partial charge in [-0.15, -0.1) is 12.4 Å². The molecule has 0 unspecified atom stereocenters. The third kappa shape index (κ3) is 1.73. The van der Waals surface area contributed by atoms with Gasteiger partial charge in [-0.25, -0.2) is 0 Å². The Morgan fingerprint density at radius 3 is 2.69 bits per heavy atom. The quantitative estimate of drug-likeness (QED) is 0.747. The van der Waals surface area contributed by atoms with Crippen LogP contribution in [0.5, 0.6) is 0 Å². The van der Waals surface area contributed by atoms with E-state index in [1.54, 1.807) is 0 Å². The van der Waals surface area contributed by atoms with Crippen molar-refractivity contribution in [3.63, 3.8) is 0 Å². The number of nitrogens with one attached hydrogen (secondary N) is 1. The lowest BCUT2D eigenvalue weighted by molar-refractivity contribution is 0.727. The number of hydrogen-bond acceptors (Lipinski definition) is 2. The zero-order chi connectivity index (χ0) is 8.55. The molecule has 2 rings (SSSR count). The summed E-state index contributed by atoms with van der Waals surface area (Å²) in [6, 6.07) is 9.00. The van der Waals surface area contributed by atoms with Crippen LogP contribution in [-0.2, 0) is 0 Å². The largest absolute Gasteiger partial charge is 0.366 e. The van der Waals surface area contributed by atoms with Crippen molar-refractivity contribution in [1.82, 2.24) is 0 Å². The van der Waals surface area contributed by atoms with Crippen molar-refractivity contribution in [1.29, 1.82) is 0 Å². The third-order valence-corrected chi connectivity index (χ3v) is 2.28. The van der Waals surface area contributed by atoms with Crippen molar-refractivity contribution >= 4 is 23.8 Å². The van der Waals surface area contributed by atoms with Gasteiger partial charge < -0.3 is 10.2 Å². The highest BCUT2D eigenvalue weighted by Gasteiger charge is 2.19. The standard InChI is InChI=1S/C10H14N2.ClH/c1-8(2)12-7-11-9-5-3-4-6-10(9)12;/h3-6,8,11H,7H2,1-2H3;1H. The van der Waals surface area contributed by atoms with E-state index in [1.807, 2.05) is 0 Å². The van der Waals surface area contributed by atoms with Crippen molar-refractivity contribution in [3.8, 4) is 0 Å². The Morgan fingerprint density at radius 1 is 1.31 bits per heavy atom. The van der Waals surface area contributed by atoms with E-state index in [-0.39, 0.29) is 12.4 Å².